The van der Waals surface area contributed by atoms with Crippen molar-refractivity contribution in [2.24, 2.45) is 0 Å². The molecule has 0 rings (SSSR count). The molecule has 0 aromatic heterocycles. The van der Waals surface area contributed by atoms with E-state index in [9.17, 15) is 13.5 Å². The number of hydrogen-bond donors (Lipinski definition) is 2. The number of rotatable bonds is 8. The van der Waals surface area contributed by atoms with Crippen molar-refractivity contribution in [3.63, 3.8) is 0 Å². The molecule has 0 aromatic rings. The predicted molar refractivity (Wildman–Crippen MR) is 62.7 cm³/mol. The summed E-state index contributed by atoms with van der Waals surface area (Å²) in [5.41, 5.74) is 0. The molecule has 0 amide bonds. The molecule has 0 aromatic carbocycles. The van der Waals surface area contributed by atoms with Crippen molar-refractivity contribution >= 4 is 9.84 Å². The number of nitrogens with one attached hydrogen (secondary N) is 1. The number of sulfone groups is 1. The Hall–Kier alpha value is -0.130. The molecule has 0 bridgehead atoms. The molecule has 0 saturated carbocycles. The first-order valence-electron chi connectivity index (χ1n) is 5.53. The van der Waals surface area contributed by atoms with Gasteiger partial charge in [-0.15, -0.1) is 0 Å². The molecule has 0 fully saturated rings. The van der Waals surface area contributed by atoms with Gasteiger partial charge in [0.15, 0.2) is 9.84 Å². The average Bonchev–Trinajstić information content (AvgIpc) is 2.16. The molecule has 0 aliphatic rings. The van der Waals surface area contributed by atoms with E-state index in [1.165, 1.54) is 0 Å². The average molecular weight is 237 g/mol. The maximum Gasteiger partial charge on any atom is 0.151 e. The first kappa shape index (κ1) is 14.9. The zero-order valence-electron chi connectivity index (χ0n) is 9.86. The van der Waals surface area contributed by atoms with Gasteiger partial charge in [0.05, 0.1) is 11.9 Å². The molecular formula is C10H23NO3S. The van der Waals surface area contributed by atoms with Gasteiger partial charge in [0, 0.05) is 11.8 Å². The molecule has 0 radical (unpaired) electrons. The lowest BCUT2D eigenvalue weighted by atomic mass is 10.2. The largest absolute Gasteiger partial charge is 0.393 e. The van der Waals surface area contributed by atoms with E-state index in [0.717, 1.165) is 6.42 Å². The summed E-state index contributed by atoms with van der Waals surface area (Å²) in [7, 11) is -2.90. The van der Waals surface area contributed by atoms with Crippen LogP contribution in [0.5, 0.6) is 0 Å². The highest BCUT2D eigenvalue weighted by Crippen LogP contribution is 1.97. The first-order chi connectivity index (χ1) is 6.91. The van der Waals surface area contributed by atoms with Crippen LogP contribution < -0.4 is 5.32 Å². The van der Waals surface area contributed by atoms with Crippen molar-refractivity contribution in [2.75, 3.05) is 18.1 Å². The van der Waals surface area contributed by atoms with Crippen molar-refractivity contribution < 1.29 is 13.5 Å². The Kier molecular flexibility index (Phi) is 7.13. The highest BCUT2D eigenvalue weighted by Gasteiger charge is 2.13. The van der Waals surface area contributed by atoms with Crippen LogP contribution in [0.25, 0.3) is 0 Å². The van der Waals surface area contributed by atoms with Crippen LogP contribution in [0.15, 0.2) is 0 Å². The van der Waals surface area contributed by atoms with Gasteiger partial charge in [-0.25, -0.2) is 8.42 Å². The molecule has 0 heterocycles. The molecule has 92 valence electrons. The number of aliphatic hydroxyl groups excluding tert-OH is 1. The maximum atomic E-state index is 11.3. The highest BCUT2D eigenvalue weighted by atomic mass is 32.2. The topological polar surface area (TPSA) is 66.4 Å². The van der Waals surface area contributed by atoms with Crippen molar-refractivity contribution in [3.05, 3.63) is 0 Å². The molecule has 5 heteroatoms. The third-order valence-corrected chi connectivity index (χ3v) is 4.27. The fraction of sp³-hybridized carbons (Fsp3) is 1.00. The van der Waals surface area contributed by atoms with Gasteiger partial charge < -0.3 is 10.4 Å². The van der Waals surface area contributed by atoms with E-state index in [4.69, 9.17) is 0 Å². The second kappa shape index (κ2) is 7.19. The van der Waals surface area contributed by atoms with E-state index in [-0.39, 0.29) is 23.7 Å². The third-order valence-electron chi connectivity index (χ3n) is 2.39. The number of aliphatic hydroxyl groups is 1. The fourth-order valence-corrected chi connectivity index (χ4v) is 2.37. The Morgan fingerprint density at radius 2 is 1.93 bits per heavy atom. The molecule has 0 spiro atoms. The van der Waals surface area contributed by atoms with Gasteiger partial charge in [0.25, 0.3) is 0 Å². The summed E-state index contributed by atoms with van der Waals surface area (Å²) >= 11 is 0. The summed E-state index contributed by atoms with van der Waals surface area (Å²) in [5, 5.41) is 12.4. The molecule has 2 N–H and O–H groups in total. The molecule has 0 aliphatic heterocycles. The minimum absolute atomic E-state index is 0.0426. The minimum atomic E-state index is -2.90. The third kappa shape index (κ3) is 7.76. The molecule has 2 atom stereocenters. The van der Waals surface area contributed by atoms with Gasteiger partial charge in [-0.2, -0.15) is 0 Å². The molecule has 0 aliphatic carbocycles. The van der Waals surface area contributed by atoms with E-state index >= 15 is 0 Å². The first-order valence-corrected chi connectivity index (χ1v) is 7.35. The monoisotopic (exact) mass is 237 g/mol. The van der Waals surface area contributed by atoms with Crippen LogP contribution in [-0.4, -0.2) is 43.7 Å². The van der Waals surface area contributed by atoms with Crippen LogP contribution in [0, 0.1) is 0 Å². The molecule has 2 unspecified atom stereocenters. The normalized spacial score (nSPS) is 16.3. The zero-order valence-corrected chi connectivity index (χ0v) is 10.7. The molecule has 15 heavy (non-hydrogen) atoms. The summed E-state index contributed by atoms with van der Waals surface area (Å²) in [5.74, 6) is 0.363. The van der Waals surface area contributed by atoms with Crippen LogP contribution in [0.2, 0.25) is 0 Å². The maximum absolute atomic E-state index is 11.3. The molecule has 0 saturated heterocycles. The lowest BCUT2D eigenvalue weighted by Crippen LogP contribution is -2.35. The highest BCUT2D eigenvalue weighted by molar-refractivity contribution is 7.91. The van der Waals surface area contributed by atoms with Crippen LogP contribution in [0.4, 0.5) is 0 Å². The Balaban J connectivity index is 3.71. The SMILES string of the molecule is CCC(O)CCNC(C)CS(=O)(=O)CC. The van der Waals surface area contributed by atoms with E-state index in [2.05, 4.69) is 5.32 Å². The van der Waals surface area contributed by atoms with Crippen molar-refractivity contribution in [3.8, 4) is 0 Å². The number of hydrogen-bond acceptors (Lipinski definition) is 4. The van der Waals surface area contributed by atoms with E-state index in [0.29, 0.717) is 13.0 Å². The fourth-order valence-electron chi connectivity index (χ4n) is 1.26. The second-order valence-corrected chi connectivity index (χ2v) is 6.30. The Labute approximate surface area is 93.0 Å². The summed E-state index contributed by atoms with van der Waals surface area (Å²) in [6, 6.07) is -0.0426. The lowest BCUT2D eigenvalue weighted by molar-refractivity contribution is 0.159. The smallest absolute Gasteiger partial charge is 0.151 e. The Morgan fingerprint density at radius 3 is 2.40 bits per heavy atom. The van der Waals surface area contributed by atoms with E-state index in [1.54, 1.807) is 6.92 Å². The van der Waals surface area contributed by atoms with Crippen LogP contribution in [0.3, 0.4) is 0 Å². The lowest BCUT2D eigenvalue weighted by Gasteiger charge is -2.14. The molecule has 4 nitrogen and oxygen atoms in total. The van der Waals surface area contributed by atoms with Gasteiger partial charge in [-0.3, -0.25) is 0 Å². The van der Waals surface area contributed by atoms with Crippen LogP contribution >= 0.6 is 0 Å². The Bertz CT molecular complexity index is 251. The van der Waals surface area contributed by atoms with Crippen molar-refractivity contribution in [1.82, 2.24) is 5.32 Å². The Morgan fingerprint density at radius 1 is 1.33 bits per heavy atom. The van der Waals surface area contributed by atoms with Crippen molar-refractivity contribution in [1.29, 1.82) is 0 Å². The summed E-state index contributed by atoms with van der Waals surface area (Å²) < 4.78 is 22.5. The van der Waals surface area contributed by atoms with Crippen molar-refractivity contribution in [2.45, 2.75) is 45.8 Å². The van der Waals surface area contributed by atoms with Gasteiger partial charge in [0.1, 0.15) is 0 Å². The van der Waals surface area contributed by atoms with Gasteiger partial charge in [-0.1, -0.05) is 13.8 Å². The second-order valence-electron chi connectivity index (χ2n) is 3.90. The van der Waals surface area contributed by atoms with Gasteiger partial charge in [0.2, 0.25) is 0 Å². The minimum Gasteiger partial charge on any atom is -0.393 e. The summed E-state index contributed by atoms with van der Waals surface area (Å²) in [6.45, 7) is 6.10. The molecular weight excluding hydrogens is 214 g/mol. The van der Waals surface area contributed by atoms with Crippen LogP contribution in [-0.2, 0) is 9.84 Å². The quantitative estimate of drug-likeness (QED) is 0.647. The summed E-state index contributed by atoms with van der Waals surface area (Å²) in [4.78, 5) is 0. The van der Waals surface area contributed by atoms with Gasteiger partial charge >= 0.3 is 0 Å². The van der Waals surface area contributed by atoms with E-state index in [1.807, 2.05) is 13.8 Å². The van der Waals surface area contributed by atoms with E-state index < -0.39 is 9.84 Å². The predicted octanol–water partition coefficient (Wildman–Crippen LogP) is 0.560. The summed E-state index contributed by atoms with van der Waals surface area (Å²) in [6.07, 6.45) is 1.13. The van der Waals surface area contributed by atoms with Crippen LogP contribution in [0.1, 0.15) is 33.6 Å². The standard InChI is InChI=1S/C10H23NO3S/c1-4-10(12)6-7-11-9(3)8-15(13,14)5-2/h9-12H,4-8H2,1-3H3. The zero-order chi connectivity index (χ0) is 11.9. The van der Waals surface area contributed by atoms with Gasteiger partial charge in [-0.05, 0) is 26.3 Å².